The van der Waals surface area contributed by atoms with Crippen LogP contribution in [0.2, 0.25) is 0 Å². The van der Waals surface area contributed by atoms with Gasteiger partial charge >= 0.3 is 5.97 Å². The molecule has 0 atom stereocenters. The Morgan fingerprint density at radius 3 is 2.61 bits per heavy atom. The average Bonchev–Trinajstić information content (AvgIpc) is 2.53. The molecule has 0 heterocycles. The number of carbonyl (C=O) groups excluding carboxylic acids is 1. The number of hydrogen-bond acceptors (Lipinski definition) is 4. The molecule has 0 radical (unpaired) electrons. The standard InChI is InChI=1S/C17H17NO5/c1-11-5-3-8-14(17(20)21)16(11)23-10-15(19)18-12-6-4-7-13(9-12)22-2/h3-9H,10H2,1-2H3,(H,18,19)(H,20,21). The molecular weight excluding hydrogens is 298 g/mol. The topological polar surface area (TPSA) is 84.9 Å². The van der Waals surface area contributed by atoms with Crippen LogP contribution in [0.1, 0.15) is 15.9 Å². The first kappa shape index (κ1) is 16.4. The fourth-order valence-corrected chi connectivity index (χ4v) is 2.05. The minimum atomic E-state index is -1.10. The average molecular weight is 315 g/mol. The molecule has 0 saturated carbocycles. The second-order valence-electron chi connectivity index (χ2n) is 4.83. The minimum absolute atomic E-state index is 0.0270. The first-order valence-electron chi connectivity index (χ1n) is 6.91. The van der Waals surface area contributed by atoms with Crippen LogP contribution in [0.3, 0.4) is 0 Å². The summed E-state index contributed by atoms with van der Waals surface area (Å²) in [6.45, 7) is 1.43. The number of rotatable bonds is 6. The molecular formula is C17H17NO5. The molecule has 1 amide bonds. The largest absolute Gasteiger partial charge is 0.497 e. The Hall–Kier alpha value is -3.02. The smallest absolute Gasteiger partial charge is 0.339 e. The summed E-state index contributed by atoms with van der Waals surface area (Å²) in [4.78, 5) is 23.1. The van der Waals surface area contributed by atoms with Gasteiger partial charge in [-0.05, 0) is 30.7 Å². The summed E-state index contributed by atoms with van der Waals surface area (Å²) in [7, 11) is 1.54. The third kappa shape index (κ3) is 4.23. The Balaban J connectivity index is 2.03. The van der Waals surface area contributed by atoms with Gasteiger partial charge in [0.15, 0.2) is 6.61 Å². The molecule has 0 fully saturated rings. The summed E-state index contributed by atoms with van der Waals surface area (Å²) in [5, 5.41) is 11.8. The number of aryl methyl sites for hydroxylation is 1. The van der Waals surface area contributed by atoms with Gasteiger partial charge < -0.3 is 19.9 Å². The van der Waals surface area contributed by atoms with Gasteiger partial charge in [-0.2, -0.15) is 0 Å². The highest BCUT2D eigenvalue weighted by Gasteiger charge is 2.14. The van der Waals surface area contributed by atoms with Gasteiger partial charge in [0.05, 0.1) is 7.11 Å². The monoisotopic (exact) mass is 315 g/mol. The first-order chi connectivity index (χ1) is 11.0. The molecule has 0 bridgehead atoms. The first-order valence-corrected chi connectivity index (χ1v) is 6.91. The van der Waals surface area contributed by atoms with Crippen LogP contribution in [0.5, 0.6) is 11.5 Å². The Bertz CT molecular complexity index is 727. The number of carbonyl (C=O) groups is 2. The van der Waals surface area contributed by atoms with Crippen LogP contribution in [0, 0.1) is 6.92 Å². The Kier molecular flexibility index (Phi) is 5.19. The van der Waals surface area contributed by atoms with Gasteiger partial charge in [0.1, 0.15) is 17.1 Å². The maximum Gasteiger partial charge on any atom is 0.339 e. The zero-order chi connectivity index (χ0) is 16.8. The highest BCUT2D eigenvalue weighted by Crippen LogP contribution is 2.23. The third-order valence-electron chi connectivity index (χ3n) is 3.14. The van der Waals surface area contributed by atoms with Gasteiger partial charge in [-0.3, -0.25) is 4.79 Å². The van der Waals surface area contributed by atoms with Crippen molar-refractivity contribution in [2.45, 2.75) is 6.92 Å². The van der Waals surface area contributed by atoms with Gasteiger partial charge in [-0.1, -0.05) is 18.2 Å². The van der Waals surface area contributed by atoms with E-state index in [0.717, 1.165) is 0 Å². The number of benzene rings is 2. The molecule has 0 aliphatic rings. The number of hydrogen-bond donors (Lipinski definition) is 2. The Morgan fingerprint density at radius 2 is 1.91 bits per heavy atom. The zero-order valence-corrected chi connectivity index (χ0v) is 12.8. The van der Waals surface area contributed by atoms with Crippen LogP contribution in [0.25, 0.3) is 0 Å². The van der Waals surface area contributed by atoms with Crippen LogP contribution in [0.4, 0.5) is 5.69 Å². The summed E-state index contributed by atoms with van der Waals surface area (Å²) in [5.41, 5.74) is 1.25. The Morgan fingerprint density at radius 1 is 1.17 bits per heavy atom. The molecule has 6 heteroatoms. The van der Waals surface area contributed by atoms with E-state index in [-0.39, 0.29) is 17.9 Å². The number of carboxylic acids is 1. The number of methoxy groups -OCH3 is 1. The van der Waals surface area contributed by atoms with E-state index in [0.29, 0.717) is 17.0 Å². The molecule has 0 aromatic heterocycles. The van der Waals surface area contributed by atoms with Crippen molar-refractivity contribution in [3.05, 3.63) is 53.6 Å². The molecule has 2 aromatic rings. The highest BCUT2D eigenvalue weighted by molar-refractivity contribution is 5.93. The summed E-state index contributed by atoms with van der Waals surface area (Å²) >= 11 is 0. The molecule has 6 nitrogen and oxygen atoms in total. The molecule has 2 N–H and O–H groups in total. The van der Waals surface area contributed by atoms with E-state index in [2.05, 4.69) is 5.32 Å². The number of aromatic carboxylic acids is 1. The van der Waals surface area contributed by atoms with Crippen molar-refractivity contribution in [2.75, 3.05) is 19.0 Å². The van der Waals surface area contributed by atoms with Crippen LogP contribution < -0.4 is 14.8 Å². The van der Waals surface area contributed by atoms with Crippen molar-refractivity contribution < 1.29 is 24.2 Å². The van der Waals surface area contributed by atoms with Crippen LogP contribution in [-0.2, 0) is 4.79 Å². The fourth-order valence-electron chi connectivity index (χ4n) is 2.05. The predicted octanol–water partition coefficient (Wildman–Crippen LogP) is 2.72. The summed E-state index contributed by atoms with van der Waals surface area (Å²) in [6, 6.07) is 11.7. The number of carboxylic acid groups (broad SMARTS) is 1. The van der Waals surface area contributed by atoms with Gasteiger partial charge in [0.2, 0.25) is 0 Å². The second-order valence-corrected chi connectivity index (χ2v) is 4.83. The lowest BCUT2D eigenvalue weighted by Crippen LogP contribution is -2.21. The van der Waals surface area contributed by atoms with E-state index in [9.17, 15) is 9.59 Å². The van der Waals surface area contributed by atoms with Crippen molar-refractivity contribution in [1.29, 1.82) is 0 Å². The molecule has 23 heavy (non-hydrogen) atoms. The van der Waals surface area contributed by atoms with Crippen molar-refractivity contribution in [3.8, 4) is 11.5 Å². The third-order valence-corrected chi connectivity index (χ3v) is 3.14. The number of para-hydroxylation sites is 1. The maximum absolute atomic E-state index is 12.0. The molecule has 2 rings (SSSR count). The van der Waals surface area contributed by atoms with E-state index in [4.69, 9.17) is 14.6 Å². The van der Waals surface area contributed by atoms with Crippen molar-refractivity contribution in [1.82, 2.24) is 0 Å². The van der Waals surface area contributed by atoms with Crippen LogP contribution in [-0.4, -0.2) is 30.7 Å². The van der Waals surface area contributed by atoms with Gasteiger partial charge in [0, 0.05) is 11.8 Å². The quantitative estimate of drug-likeness (QED) is 0.856. The number of ether oxygens (including phenoxy) is 2. The van der Waals surface area contributed by atoms with E-state index < -0.39 is 11.9 Å². The SMILES string of the molecule is COc1cccc(NC(=O)COc2c(C)cccc2C(=O)O)c1. The van der Waals surface area contributed by atoms with Crippen molar-refractivity contribution in [2.24, 2.45) is 0 Å². The lowest BCUT2D eigenvalue weighted by molar-refractivity contribution is -0.118. The summed E-state index contributed by atoms with van der Waals surface area (Å²) in [6.07, 6.45) is 0. The minimum Gasteiger partial charge on any atom is -0.497 e. The van der Waals surface area contributed by atoms with E-state index in [1.54, 1.807) is 43.3 Å². The zero-order valence-electron chi connectivity index (χ0n) is 12.8. The molecule has 0 aliphatic heterocycles. The van der Waals surface area contributed by atoms with Crippen molar-refractivity contribution in [3.63, 3.8) is 0 Å². The normalized spacial score (nSPS) is 10.0. The molecule has 0 saturated heterocycles. The predicted molar refractivity (Wildman–Crippen MR) is 85.3 cm³/mol. The van der Waals surface area contributed by atoms with Crippen LogP contribution >= 0.6 is 0 Å². The maximum atomic E-state index is 12.0. The lowest BCUT2D eigenvalue weighted by Gasteiger charge is -2.12. The van der Waals surface area contributed by atoms with Gasteiger partial charge in [-0.15, -0.1) is 0 Å². The van der Waals surface area contributed by atoms with E-state index >= 15 is 0 Å². The van der Waals surface area contributed by atoms with E-state index in [1.165, 1.54) is 13.2 Å². The van der Waals surface area contributed by atoms with Crippen molar-refractivity contribution >= 4 is 17.6 Å². The summed E-state index contributed by atoms with van der Waals surface area (Å²) < 4.78 is 10.5. The molecule has 120 valence electrons. The molecule has 0 unspecified atom stereocenters. The highest BCUT2D eigenvalue weighted by atomic mass is 16.5. The van der Waals surface area contributed by atoms with E-state index in [1.807, 2.05) is 0 Å². The van der Waals surface area contributed by atoms with Crippen LogP contribution in [0.15, 0.2) is 42.5 Å². The fraction of sp³-hybridized carbons (Fsp3) is 0.176. The molecule has 0 aliphatic carbocycles. The lowest BCUT2D eigenvalue weighted by atomic mass is 10.1. The summed E-state index contributed by atoms with van der Waals surface area (Å²) in [5.74, 6) is -0.675. The molecule has 2 aromatic carbocycles. The number of amides is 1. The number of anilines is 1. The Labute approximate surface area is 133 Å². The second kappa shape index (κ2) is 7.31. The van der Waals surface area contributed by atoms with Gasteiger partial charge in [-0.25, -0.2) is 4.79 Å². The molecule has 0 spiro atoms. The van der Waals surface area contributed by atoms with Gasteiger partial charge in [0.25, 0.3) is 5.91 Å². The number of nitrogens with one attached hydrogen (secondary N) is 1.